The van der Waals surface area contributed by atoms with Gasteiger partial charge < -0.3 is 5.11 Å². The molecule has 0 radical (unpaired) electrons. The molecule has 29 heavy (non-hydrogen) atoms. The summed E-state index contributed by atoms with van der Waals surface area (Å²) in [5.41, 5.74) is 1.36. The summed E-state index contributed by atoms with van der Waals surface area (Å²) in [6, 6.07) is 12.9. The number of hydrogen-bond acceptors (Lipinski definition) is 3. The number of benzene rings is 2. The summed E-state index contributed by atoms with van der Waals surface area (Å²) in [5.74, 6) is -0.943. The van der Waals surface area contributed by atoms with E-state index in [1.807, 2.05) is 12.1 Å². The Balaban J connectivity index is 1.63. The molecule has 0 spiro atoms. The average molecular weight is 406 g/mol. The number of hydrogen-bond donors (Lipinski definition) is 1. The number of carboxylic acid groups (broad SMARTS) is 1. The van der Waals surface area contributed by atoms with E-state index in [0.29, 0.717) is 18.7 Å². The fourth-order valence-corrected chi connectivity index (χ4v) is 3.97. The quantitative estimate of drug-likeness (QED) is 0.794. The predicted octanol–water partition coefficient (Wildman–Crippen LogP) is 4.50. The van der Waals surface area contributed by atoms with Gasteiger partial charge >= 0.3 is 12.1 Å². The van der Waals surface area contributed by atoms with Gasteiger partial charge in [-0.3, -0.25) is 9.80 Å². The molecule has 1 heterocycles. The third-order valence-electron chi connectivity index (χ3n) is 5.40. The molecular formula is C22H25F3N2O2. The summed E-state index contributed by atoms with van der Waals surface area (Å²) in [7, 11) is 0. The molecule has 156 valence electrons. The molecule has 7 heteroatoms. The Kier molecular flexibility index (Phi) is 6.29. The Morgan fingerprint density at radius 3 is 2.17 bits per heavy atom. The molecule has 4 nitrogen and oxygen atoms in total. The smallest absolute Gasteiger partial charge is 0.416 e. The van der Waals surface area contributed by atoms with Gasteiger partial charge in [-0.05, 0) is 43.2 Å². The van der Waals surface area contributed by atoms with Crippen LogP contribution in [0, 0.1) is 0 Å². The van der Waals surface area contributed by atoms with Crippen LogP contribution in [0.2, 0.25) is 0 Å². The van der Waals surface area contributed by atoms with E-state index >= 15 is 0 Å². The summed E-state index contributed by atoms with van der Waals surface area (Å²) in [6.07, 6.45) is -4.33. The number of carboxylic acids is 1. The van der Waals surface area contributed by atoms with Gasteiger partial charge in [-0.25, -0.2) is 4.79 Å². The van der Waals surface area contributed by atoms with Gasteiger partial charge in [-0.1, -0.05) is 30.3 Å². The minimum atomic E-state index is -4.33. The maximum atomic E-state index is 12.9. The Hall–Kier alpha value is -2.38. The van der Waals surface area contributed by atoms with Crippen molar-refractivity contribution in [2.45, 2.75) is 45.2 Å². The van der Waals surface area contributed by atoms with Crippen LogP contribution in [0.15, 0.2) is 48.5 Å². The molecule has 1 aliphatic heterocycles. The van der Waals surface area contributed by atoms with Crippen molar-refractivity contribution in [2.75, 3.05) is 13.1 Å². The maximum Gasteiger partial charge on any atom is 0.416 e. The molecule has 2 aromatic carbocycles. The van der Waals surface area contributed by atoms with Gasteiger partial charge in [0.1, 0.15) is 0 Å². The number of piperazine rings is 1. The summed E-state index contributed by atoms with van der Waals surface area (Å²) in [5, 5.41) is 9.01. The second-order valence-electron chi connectivity index (χ2n) is 7.76. The lowest BCUT2D eigenvalue weighted by atomic mass is 10.0. The van der Waals surface area contributed by atoms with Crippen molar-refractivity contribution in [1.82, 2.24) is 9.80 Å². The van der Waals surface area contributed by atoms with Gasteiger partial charge in [0.05, 0.1) is 11.1 Å². The van der Waals surface area contributed by atoms with Gasteiger partial charge in [0.15, 0.2) is 0 Å². The van der Waals surface area contributed by atoms with E-state index in [1.54, 1.807) is 18.2 Å². The Labute approximate surface area is 168 Å². The van der Waals surface area contributed by atoms with Crippen LogP contribution in [0.4, 0.5) is 13.2 Å². The maximum absolute atomic E-state index is 12.9. The zero-order chi connectivity index (χ0) is 21.2. The van der Waals surface area contributed by atoms with Crippen LogP contribution in [0.25, 0.3) is 0 Å². The molecule has 0 saturated carbocycles. The van der Waals surface area contributed by atoms with Crippen molar-refractivity contribution in [1.29, 1.82) is 0 Å². The van der Waals surface area contributed by atoms with Crippen LogP contribution in [-0.4, -0.2) is 46.0 Å². The van der Waals surface area contributed by atoms with Gasteiger partial charge in [0.25, 0.3) is 0 Å². The molecule has 1 fully saturated rings. The summed E-state index contributed by atoms with van der Waals surface area (Å²) in [6.45, 7) is 6.93. The van der Waals surface area contributed by atoms with Crippen LogP contribution in [0.3, 0.4) is 0 Å². The van der Waals surface area contributed by atoms with Crippen molar-refractivity contribution < 1.29 is 23.1 Å². The highest BCUT2D eigenvalue weighted by molar-refractivity contribution is 5.87. The monoisotopic (exact) mass is 406 g/mol. The van der Waals surface area contributed by atoms with E-state index < -0.39 is 17.7 Å². The number of carbonyl (C=O) groups is 1. The van der Waals surface area contributed by atoms with Crippen LogP contribution in [0.1, 0.15) is 40.9 Å². The second kappa shape index (κ2) is 8.55. The Morgan fingerprint density at radius 2 is 1.62 bits per heavy atom. The molecule has 3 rings (SSSR count). The van der Waals surface area contributed by atoms with Crippen LogP contribution in [-0.2, 0) is 19.3 Å². The van der Waals surface area contributed by atoms with E-state index in [4.69, 9.17) is 5.11 Å². The van der Waals surface area contributed by atoms with Crippen LogP contribution in [0.5, 0.6) is 0 Å². The number of halogens is 3. The van der Waals surface area contributed by atoms with Crippen molar-refractivity contribution in [3.8, 4) is 0 Å². The van der Waals surface area contributed by atoms with E-state index in [0.717, 1.165) is 24.7 Å². The predicted molar refractivity (Wildman–Crippen MR) is 105 cm³/mol. The number of alkyl halides is 3. The fraction of sp³-hybridized carbons (Fsp3) is 0.409. The van der Waals surface area contributed by atoms with Crippen molar-refractivity contribution in [2.24, 2.45) is 0 Å². The fourth-order valence-electron chi connectivity index (χ4n) is 3.97. The lowest BCUT2D eigenvalue weighted by Crippen LogP contribution is -2.55. The van der Waals surface area contributed by atoms with Gasteiger partial charge in [0, 0.05) is 38.3 Å². The first kappa shape index (κ1) is 21.3. The highest BCUT2D eigenvalue weighted by Crippen LogP contribution is 2.30. The van der Waals surface area contributed by atoms with E-state index in [-0.39, 0.29) is 17.6 Å². The van der Waals surface area contributed by atoms with Gasteiger partial charge in [0.2, 0.25) is 0 Å². The third kappa shape index (κ3) is 5.36. The minimum Gasteiger partial charge on any atom is -0.478 e. The van der Waals surface area contributed by atoms with E-state index in [9.17, 15) is 18.0 Å². The summed E-state index contributed by atoms with van der Waals surface area (Å²) < 4.78 is 38.8. The molecule has 1 N–H and O–H groups in total. The molecular weight excluding hydrogens is 381 g/mol. The largest absolute Gasteiger partial charge is 0.478 e. The Bertz CT molecular complexity index is 840. The molecule has 0 bridgehead atoms. The topological polar surface area (TPSA) is 43.8 Å². The first-order chi connectivity index (χ1) is 13.6. The molecule has 1 saturated heterocycles. The normalized spacial score (nSPS) is 21.3. The second-order valence-corrected chi connectivity index (χ2v) is 7.76. The SMILES string of the molecule is C[C@@H]1CN(Cc2cccc(C(F)(F)F)c2)C[C@H](C)N1Cc1ccc(C(=O)O)cc1. The first-order valence-electron chi connectivity index (χ1n) is 9.60. The van der Waals surface area contributed by atoms with Crippen molar-refractivity contribution in [3.63, 3.8) is 0 Å². The number of rotatable bonds is 5. The minimum absolute atomic E-state index is 0.226. The number of aromatic carboxylic acids is 1. The molecule has 1 aliphatic rings. The van der Waals surface area contributed by atoms with Gasteiger partial charge in [-0.15, -0.1) is 0 Å². The molecule has 2 aromatic rings. The van der Waals surface area contributed by atoms with E-state index in [1.165, 1.54) is 12.1 Å². The highest BCUT2D eigenvalue weighted by Gasteiger charge is 2.32. The van der Waals surface area contributed by atoms with Crippen molar-refractivity contribution in [3.05, 3.63) is 70.8 Å². The number of nitrogens with zero attached hydrogens (tertiary/aromatic N) is 2. The molecule has 2 atom stereocenters. The van der Waals surface area contributed by atoms with Crippen molar-refractivity contribution >= 4 is 5.97 Å². The molecule has 0 amide bonds. The molecule has 0 unspecified atom stereocenters. The zero-order valence-corrected chi connectivity index (χ0v) is 16.5. The highest BCUT2D eigenvalue weighted by atomic mass is 19.4. The molecule has 0 aliphatic carbocycles. The van der Waals surface area contributed by atoms with Crippen LogP contribution < -0.4 is 0 Å². The lowest BCUT2D eigenvalue weighted by Gasteiger charge is -2.44. The average Bonchev–Trinajstić information content (AvgIpc) is 2.64. The van der Waals surface area contributed by atoms with Crippen LogP contribution >= 0.6 is 0 Å². The summed E-state index contributed by atoms with van der Waals surface area (Å²) in [4.78, 5) is 15.5. The third-order valence-corrected chi connectivity index (χ3v) is 5.40. The Morgan fingerprint density at radius 1 is 1.00 bits per heavy atom. The first-order valence-corrected chi connectivity index (χ1v) is 9.60. The standard InChI is InChI=1S/C22H25F3N2O2/c1-15-11-26(13-18-4-3-5-20(10-18)22(23,24)25)12-16(2)27(15)14-17-6-8-19(9-7-17)21(28)29/h3-10,15-16H,11-14H2,1-2H3,(H,28,29)/t15-,16+. The molecule has 0 aromatic heterocycles. The van der Waals surface area contributed by atoms with Gasteiger partial charge in [-0.2, -0.15) is 13.2 Å². The zero-order valence-electron chi connectivity index (χ0n) is 16.5. The summed E-state index contributed by atoms with van der Waals surface area (Å²) >= 11 is 0. The van der Waals surface area contributed by atoms with E-state index in [2.05, 4.69) is 23.6 Å². The lowest BCUT2D eigenvalue weighted by molar-refractivity contribution is -0.137.